The molecule has 5 N–H and O–H groups in total. The number of anilines is 1. The number of aryl methyl sites for hydroxylation is 1. The highest BCUT2D eigenvalue weighted by molar-refractivity contribution is 7.15. The van der Waals surface area contributed by atoms with Crippen molar-refractivity contribution < 1.29 is 9.90 Å². The van der Waals surface area contributed by atoms with Crippen LogP contribution >= 0.6 is 11.3 Å². The van der Waals surface area contributed by atoms with Gasteiger partial charge in [-0.05, 0) is 38.7 Å². The molecule has 21 heavy (non-hydrogen) atoms. The van der Waals surface area contributed by atoms with Gasteiger partial charge in [-0.15, -0.1) is 11.3 Å². The number of carbonyl (C=O) groups excluding carboxylic acids is 1. The standard InChI is InChI=1S/C15H21N3O2S/c1-15(2,20)10-6-3-9(4-7-10)5-8-11-18-12(13(16)19)14(17)21-11/h3,6,20H,4-5,7-8,17H2,1-2H3,(H2,16,19). The predicted molar refractivity (Wildman–Crippen MR) is 85.1 cm³/mol. The first kappa shape index (κ1) is 15.7. The molecule has 0 bridgehead atoms. The van der Waals surface area contributed by atoms with Crippen molar-refractivity contribution >= 4 is 22.2 Å². The van der Waals surface area contributed by atoms with Crippen molar-refractivity contribution in [3.63, 3.8) is 0 Å². The molecule has 2 rings (SSSR count). The number of primary amides is 1. The summed E-state index contributed by atoms with van der Waals surface area (Å²) in [6.45, 7) is 3.61. The quantitative estimate of drug-likeness (QED) is 0.775. The maximum atomic E-state index is 11.1. The monoisotopic (exact) mass is 307 g/mol. The molecule has 1 aromatic heterocycles. The molecule has 0 unspecified atom stereocenters. The Morgan fingerprint density at radius 3 is 2.57 bits per heavy atom. The molecule has 0 fully saturated rings. The Balaban J connectivity index is 1.99. The van der Waals surface area contributed by atoms with E-state index in [9.17, 15) is 9.90 Å². The van der Waals surface area contributed by atoms with Crippen LogP contribution in [0.1, 0.15) is 48.6 Å². The van der Waals surface area contributed by atoms with Crippen molar-refractivity contribution in [2.75, 3.05) is 5.73 Å². The minimum absolute atomic E-state index is 0.178. The zero-order chi connectivity index (χ0) is 15.6. The van der Waals surface area contributed by atoms with E-state index in [0.29, 0.717) is 5.00 Å². The third-order valence-corrected chi connectivity index (χ3v) is 4.56. The van der Waals surface area contributed by atoms with Crippen LogP contribution < -0.4 is 11.5 Å². The number of rotatable bonds is 5. The Morgan fingerprint density at radius 2 is 2.10 bits per heavy atom. The van der Waals surface area contributed by atoms with E-state index in [0.717, 1.165) is 36.3 Å². The highest BCUT2D eigenvalue weighted by Crippen LogP contribution is 2.29. The lowest BCUT2D eigenvalue weighted by atomic mass is 9.87. The van der Waals surface area contributed by atoms with E-state index in [4.69, 9.17) is 11.5 Å². The largest absolute Gasteiger partial charge is 0.389 e. The molecule has 114 valence electrons. The van der Waals surface area contributed by atoms with E-state index in [1.807, 2.05) is 6.08 Å². The molecule has 1 aliphatic rings. The lowest BCUT2D eigenvalue weighted by molar-refractivity contribution is 0.0996. The van der Waals surface area contributed by atoms with Gasteiger partial charge in [0.15, 0.2) is 5.69 Å². The van der Waals surface area contributed by atoms with Gasteiger partial charge in [0.05, 0.1) is 10.6 Å². The number of nitrogen functional groups attached to an aromatic ring is 1. The maximum absolute atomic E-state index is 11.1. The van der Waals surface area contributed by atoms with E-state index >= 15 is 0 Å². The van der Waals surface area contributed by atoms with Gasteiger partial charge in [0, 0.05) is 6.42 Å². The van der Waals surface area contributed by atoms with Crippen LogP contribution in [0.5, 0.6) is 0 Å². The maximum Gasteiger partial charge on any atom is 0.270 e. The van der Waals surface area contributed by atoms with Gasteiger partial charge in [-0.3, -0.25) is 4.79 Å². The lowest BCUT2D eigenvalue weighted by Crippen LogP contribution is -2.22. The van der Waals surface area contributed by atoms with Crippen LogP contribution in [0.3, 0.4) is 0 Å². The van der Waals surface area contributed by atoms with Crippen molar-refractivity contribution in [3.05, 3.63) is 34.0 Å². The summed E-state index contributed by atoms with van der Waals surface area (Å²) in [5.41, 5.74) is 12.7. The molecule has 1 amide bonds. The molecule has 0 atom stereocenters. The van der Waals surface area contributed by atoms with E-state index in [2.05, 4.69) is 11.1 Å². The Morgan fingerprint density at radius 1 is 1.38 bits per heavy atom. The number of allylic oxidation sites excluding steroid dienone is 3. The normalized spacial score (nSPS) is 15.6. The van der Waals surface area contributed by atoms with Gasteiger partial charge >= 0.3 is 0 Å². The Kier molecular flexibility index (Phi) is 4.49. The molecule has 1 heterocycles. The zero-order valence-electron chi connectivity index (χ0n) is 12.3. The van der Waals surface area contributed by atoms with Crippen LogP contribution in [0.25, 0.3) is 0 Å². The molecule has 0 aliphatic heterocycles. The van der Waals surface area contributed by atoms with E-state index < -0.39 is 11.5 Å². The summed E-state index contributed by atoms with van der Waals surface area (Å²) >= 11 is 1.32. The Bertz CT molecular complexity index is 609. The summed E-state index contributed by atoms with van der Waals surface area (Å²) in [6, 6.07) is 0. The average Bonchev–Trinajstić information content (AvgIpc) is 2.77. The number of amides is 1. The first-order valence-corrected chi connectivity index (χ1v) is 7.75. The van der Waals surface area contributed by atoms with Gasteiger partial charge in [-0.1, -0.05) is 17.7 Å². The molecule has 0 saturated heterocycles. The molecule has 0 radical (unpaired) electrons. The van der Waals surface area contributed by atoms with Crippen LogP contribution in [0.15, 0.2) is 23.3 Å². The molecular formula is C15H21N3O2S. The van der Waals surface area contributed by atoms with Crippen LogP contribution in [-0.2, 0) is 6.42 Å². The zero-order valence-corrected chi connectivity index (χ0v) is 13.2. The van der Waals surface area contributed by atoms with Gasteiger partial charge in [-0.25, -0.2) is 4.98 Å². The first-order chi connectivity index (χ1) is 9.77. The Labute approximate surface area is 128 Å². The van der Waals surface area contributed by atoms with Gasteiger partial charge in [0.25, 0.3) is 5.91 Å². The first-order valence-electron chi connectivity index (χ1n) is 6.94. The molecule has 5 nitrogen and oxygen atoms in total. The van der Waals surface area contributed by atoms with E-state index in [1.165, 1.54) is 16.9 Å². The van der Waals surface area contributed by atoms with E-state index in [-0.39, 0.29) is 5.69 Å². The van der Waals surface area contributed by atoms with Gasteiger partial charge in [0.1, 0.15) is 5.00 Å². The number of aliphatic hydroxyl groups is 1. The molecular weight excluding hydrogens is 286 g/mol. The summed E-state index contributed by atoms with van der Waals surface area (Å²) in [5, 5.41) is 11.2. The van der Waals surface area contributed by atoms with E-state index in [1.54, 1.807) is 13.8 Å². The summed E-state index contributed by atoms with van der Waals surface area (Å²) in [4.78, 5) is 15.3. The second-order valence-electron chi connectivity index (χ2n) is 5.76. The van der Waals surface area contributed by atoms with Crippen molar-refractivity contribution in [3.8, 4) is 0 Å². The number of hydrogen-bond acceptors (Lipinski definition) is 5. The van der Waals surface area contributed by atoms with Gasteiger partial charge < -0.3 is 16.6 Å². The molecule has 0 aromatic carbocycles. The third kappa shape index (κ3) is 3.92. The number of hydrogen-bond donors (Lipinski definition) is 3. The summed E-state index contributed by atoms with van der Waals surface area (Å²) in [7, 11) is 0. The number of nitrogens with two attached hydrogens (primary N) is 2. The molecule has 1 aromatic rings. The van der Waals surface area contributed by atoms with Crippen LogP contribution in [-0.4, -0.2) is 21.6 Å². The highest BCUT2D eigenvalue weighted by atomic mass is 32.1. The van der Waals surface area contributed by atoms with Gasteiger partial charge in [0.2, 0.25) is 0 Å². The van der Waals surface area contributed by atoms with Crippen LogP contribution in [0.2, 0.25) is 0 Å². The second-order valence-corrected chi connectivity index (χ2v) is 6.88. The van der Waals surface area contributed by atoms with Crippen LogP contribution in [0, 0.1) is 0 Å². The predicted octanol–water partition coefficient (Wildman–Crippen LogP) is 2.17. The van der Waals surface area contributed by atoms with Crippen molar-refractivity contribution in [2.45, 2.75) is 45.1 Å². The minimum atomic E-state index is -0.748. The van der Waals surface area contributed by atoms with Crippen molar-refractivity contribution in [1.82, 2.24) is 4.98 Å². The average molecular weight is 307 g/mol. The fraction of sp³-hybridized carbons (Fsp3) is 0.467. The topological polar surface area (TPSA) is 102 Å². The molecule has 6 heteroatoms. The fourth-order valence-corrected chi connectivity index (χ4v) is 3.17. The Hall–Kier alpha value is -1.66. The fourth-order valence-electron chi connectivity index (χ4n) is 2.33. The second kappa shape index (κ2) is 5.99. The summed E-state index contributed by atoms with van der Waals surface area (Å²) in [5.74, 6) is -0.579. The number of aromatic nitrogens is 1. The van der Waals surface area contributed by atoms with Gasteiger partial charge in [-0.2, -0.15) is 0 Å². The molecule has 0 spiro atoms. The number of carbonyl (C=O) groups is 1. The SMILES string of the molecule is CC(C)(O)C1=CC=C(CCc2nc(C(N)=O)c(N)s2)CC1. The molecule has 1 aliphatic carbocycles. The number of nitrogens with zero attached hydrogens (tertiary/aromatic N) is 1. The lowest BCUT2D eigenvalue weighted by Gasteiger charge is -2.24. The third-order valence-electron chi connectivity index (χ3n) is 3.61. The minimum Gasteiger partial charge on any atom is -0.389 e. The molecule has 0 saturated carbocycles. The number of thiazole rings is 1. The summed E-state index contributed by atoms with van der Waals surface area (Å²) in [6.07, 6.45) is 7.52. The van der Waals surface area contributed by atoms with Crippen LogP contribution in [0.4, 0.5) is 5.00 Å². The summed E-state index contributed by atoms with van der Waals surface area (Å²) < 4.78 is 0. The van der Waals surface area contributed by atoms with Crippen molar-refractivity contribution in [2.24, 2.45) is 5.73 Å². The smallest absolute Gasteiger partial charge is 0.270 e. The highest BCUT2D eigenvalue weighted by Gasteiger charge is 2.21. The van der Waals surface area contributed by atoms with Crippen molar-refractivity contribution in [1.29, 1.82) is 0 Å².